The van der Waals surface area contributed by atoms with Gasteiger partial charge in [-0.05, 0) is 37.5 Å². The number of carboxylic acids is 1. The summed E-state index contributed by atoms with van der Waals surface area (Å²) in [5, 5.41) is 18.4. The van der Waals surface area contributed by atoms with Crippen molar-refractivity contribution in [3.05, 3.63) is 0 Å². The molecule has 0 aromatic heterocycles. The third-order valence-corrected chi connectivity index (χ3v) is 3.40. The first-order chi connectivity index (χ1) is 5.68. The molecular weight excluding hydrogens is 156 g/mol. The van der Waals surface area contributed by atoms with Crippen LogP contribution in [0.5, 0.6) is 0 Å². The number of hydrogen-bond donors (Lipinski definition) is 2. The van der Waals surface area contributed by atoms with Crippen LogP contribution in [0.1, 0.15) is 25.7 Å². The van der Waals surface area contributed by atoms with E-state index in [4.69, 9.17) is 5.11 Å². The summed E-state index contributed by atoms with van der Waals surface area (Å²) < 4.78 is 0. The zero-order valence-corrected chi connectivity index (χ0v) is 6.94. The van der Waals surface area contributed by atoms with Crippen molar-refractivity contribution in [2.75, 3.05) is 0 Å². The SMILES string of the molecule is O=C(O)[C@@H]1C[C@@H]2CC[C@H]1[C@H](O)C2. The number of rotatable bonds is 1. The minimum Gasteiger partial charge on any atom is -0.481 e. The van der Waals surface area contributed by atoms with Crippen LogP contribution in [0.3, 0.4) is 0 Å². The molecule has 0 radical (unpaired) electrons. The van der Waals surface area contributed by atoms with Gasteiger partial charge in [0, 0.05) is 0 Å². The Labute approximate surface area is 71.4 Å². The van der Waals surface area contributed by atoms with Gasteiger partial charge in [-0.2, -0.15) is 0 Å². The molecule has 3 nitrogen and oxygen atoms in total. The molecule has 3 aliphatic rings. The second-order valence-electron chi connectivity index (χ2n) is 4.09. The fraction of sp³-hybridized carbons (Fsp3) is 0.889. The van der Waals surface area contributed by atoms with E-state index in [1.54, 1.807) is 0 Å². The molecular formula is C9H14O3. The van der Waals surface area contributed by atoms with Gasteiger partial charge in [-0.1, -0.05) is 0 Å². The summed E-state index contributed by atoms with van der Waals surface area (Å²) in [4.78, 5) is 10.8. The minimum absolute atomic E-state index is 0.0347. The summed E-state index contributed by atoms with van der Waals surface area (Å²) in [5.41, 5.74) is 0. The molecule has 0 aromatic rings. The zero-order valence-electron chi connectivity index (χ0n) is 6.94. The van der Waals surface area contributed by atoms with Crippen molar-refractivity contribution in [1.29, 1.82) is 0 Å². The smallest absolute Gasteiger partial charge is 0.306 e. The number of carbonyl (C=O) groups is 1. The normalized spacial score (nSPS) is 46.1. The Bertz CT molecular complexity index is 202. The van der Waals surface area contributed by atoms with Crippen molar-refractivity contribution in [1.82, 2.24) is 0 Å². The molecule has 12 heavy (non-hydrogen) atoms. The average molecular weight is 170 g/mol. The fourth-order valence-electron chi connectivity index (χ4n) is 2.76. The van der Waals surface area contributed by atoms with Gasteiger partial charge in [0.15, 0.2) is 0 Å². The van der Waals surface area contributed by atoms with E-state index in [9.17, 15) is 9.90 Å². The van der Waals surface area contributed by atoms with Gasteiger partial charge in [0.2, 0.25) is 0 Å². The molecule has 0 amide bonds. The number of aliphatic carboxylic acids is 1. The molecule has 0 aliphatic heterocycles. The van der Waals surface area contributed by atoms with Gasteiger partial charge in [0.1, 0.15) is 0 Å². The van der Waals surface area contributed by atoms with Crippen LogP contribution in [0.15, 0.2) is 0 Å². The van der Waals surface area contributed by atoms with Gasteiger partial charge < -0.3 is 10.2 Å². The van der Waals surface area contributed by atoms with E-state index in [-0.39, 0.29) is 17.9 Å². The maximum Gasteiger partial charge on any atom is 0.306 e. The van der Waals surface area contributed by atoms with Crippen molar-refractivity contribution >= 4 is 5.97 Å². The number of fused-ring (bicyclic) bond motifs is 3. The van der Waals surface area contributed by atoms with E-state index in [1.807, 2.05) is 0 Å². The van der Waals surface area contributed by atoms with Crippen LogP contribution in [0.2, 0.25) is 0 Å². The number of aliphatic hydroxyl groups is 1. The van der Waals surface area contributed by atoms with Crippen LogP contribution in [-0.4, -0.2) is 22.3 Å². The standard InChI is InChI=1S/C9H14O3/c10-8-4-5-1-2-6(8)7(3-5)9(11)12/h5-8,10H,1-4H2,(H,11,12)/t5-,6+,7+,8+/m0/s1. The number of hydrogen-bond acceptors (Lipinski definition) is 2. The summed E-state index contributed by atoms with van der Waals surface area (Å²) in [7, 11) is 0. The lowest BCUT2D eigenvalue weighted by Gasteiger charge is -2.43. The second kappa shape index (κ2) is 2.73. The highest BCUT2D eigenvalue weighted by molar-refractivity contribution is 5.70. The van der Waals surface area contributed by atoms with E-state index in [0.29, 0.717) is 5.92 Å². The third-order valence-electron chi connectivity index (χ3n) is 3.40. The lowest BCUT2D eigenvalue weighted by atomic mass is 9.63. The first kappa shape index (κ1) is 8.05. The molecule has 3 fully saturated rings. The zero-order chi connectivity index (χ0) is 8.72. The van der Waals surface area contributed by atoms with Crippen LogP contribution >= 0.6 is 0 Å². The molecule has 2 bridgehead atoms. The van der Waals surface area contributed by atoms with Crippen LogP contribution in [-0.2, 0) is 4.79 Å². The van der Waals surface area contributed by atoms with Gasteiger partial charge in [-0.15, -0.1) is 0 Å². The highest BCUT2D eigenvalue weighted by Crippen LogP contribution is 2.45. The Morgan fingerprint density at radius 1 is 1.25 bits per heavy atom. The van der Waals surface area contributed by atoms with Gasteiger partial charge in [-0.3, -0.25) is 4.79 Å². The van der Waals surface area contributed by atoms with Crippen LogP contribution in [0, 0.1) is 17.8 Å². The van der Waals surface area contributed by atoms with E-state index in [2.05, 4.69) is 0 Å². The maximum absolute atomic E-state index is 10.8. The quantitative estimate of drug-likeness (QED) is 0.614. The van der Waals surface area contributed by atoms with Crippen molar-refractivity contribution < 1.29 is 15.0 Å². The molecule has 3 saturated carbocycles. The van der Waals surface area contributed by atoms with E-state index >= 15 is 0 Å². The Balaban J connectivity index is 2.14. The Kier molecular flexibility index (Phi) is 1.83. The van der Waals surface area contributed by atoms with E-state index in [0.717, 1.165) is 25.7 Å². The van der Waals surface area contributed by atoms with Gasteiger partial charge in [-0.25, -0.2) is 0 Å². The number of carboxylic acid groups (broad SMARTS) is 1. The Hall–Kier alpha value is -0.570. The molecule has 3 rings (SSSR count). The average Bonchev–Trinajstić information content (AvgIpc) is 2.04. The van der Waals surface area contributed by atoms with Gasteiger partial charge in [0.25, 0.3) is 0 Å². The summed E-state index contributed by atoms with van der Waals surface area (Å²) in [5.74, 6) is -0.491. The highest BCUT2D eigenvalue weighted by Gasteiger charge is 2.44. The van der Waals surface area contributed by atoms with Crippen molar-refractivity contribution in [3.8, 4) is 0 Å². The van der Waals surface area contributed by atoms with Crippen LogP contribution in [0.25, 0.3) is 0 Å². The summed E-state index contributed by atoms with van der Waals surface area (Å²) in [6, 6.07) is 0. The largest absolute Gasteiger partial charge is 0.481 e. The Morgan fingerprint density at radius 2 is 2.00 bits per heavy atom. The van der Waals surface area contributed by atoms with Gasteiger partial charge >= 0.3 is 5.97 Å². The number of aliphatic hydroxyl groups excluding tert-OH is 1. The fourth-order valence-corrected chi connectivity index (χ4v) is 2.76. The molecule has 0 heterocycles. The second-order valence-corrected chi connectivity index (χ2v) is 4.09. The van der Waals surface area contributed by atoms with E-state index in [1.165, 1.54) is 0 Å². The lowest BCUT2D eigenvalue weighted by Crippen LogP contribution is -2.44. The highest BCUT2D eigenvalue weighted by atomic mass is 16.4. The predicted molar refractivity (Wildman–Crippen MR) is 42.6 cm³/mol. The molecule has 0 unspecified atom stereocenters. The Morgan fingerprint density at radius 3 is 2.42 bits per heavy atom. The monoisotopic (exact) mass is 170 g/mol. The molecule has 4 atom stereocenters. The van der Waals surface area contributed by atoms with Crippen LogP contribution < -0.4 is 0 Å². The molecule has 68 valence electrons. The first-order valence-corrected chi connectivity index (χ1v) is 4.59. The molecule has 3 heteroatoms. The summed E-state index contributed by atoms with van der Waals surface area (Å²) >= 11 is 0. The van der Waals surface area contributed by atoms with Crippen LogP contribution in [0.4, 0.5) is 0 Å². The van der Waals surface area contributed by atoms with E-state index < -0.39 is 5.97 Å². The topological polar surface area (TPSA) is 57.5 Å². The first-order valence-electron chi connectivity index (χ1n) is 4.59. The molecule has 0 saturated heterocycles. The minimum atomic E-state index is -0.719. The summed E-state index contributed by atoms with van der Waals surface area (Å²) in [6.45, 7) is 0. The lowest BCUT2D eigenvalue weighted by molar-refractivity contribution is -0.152. The van der Waals surface area contributed by atoms with Crippen molar-refractivity contribution in [2.24, 2.45) is 17.8 Å². The van der Waals surface area contributed by atoms with Crippen molar-refractivity contribution in [3.63, 3.8) is 0 Å². The third kappa shape index (κ3) is 1.12. The molecule has 3 aliphatic carbocycles. The maximum atomic E-state index is 10.8. The summed E-state index contributed by atoms with van der Waals surface area (Å²) in [6.07, 6.45) is 3.29. The predicted octanol–water partition coefficient (Wildman–Crippen LogP) is 0.868. The molecule has 0 spiro atoms. The molecule has 2 N–H and O–H groups in total. The molecule has 0 aromatic carbocycles. The van der Waals surface area contributed by atoms with Crippen molar-refractivity contribution in [2.45, 2.75) is 31.8 Å². The van der Waals surface area contributed by atoms with Gasteiger partial charge in [0.05, 0.1) is 12.0 Å².